The van der Waals surface area contributed by atoms with Gasteiger partial charge in [-0.05, 0) is 75.2 Å². The monoisotopic (exact) mass is 392 g/mol. The van der Waals surface area contributed by atoms with Crippen LogP contribution in [0.5, 0.6) is 0 Å². The van der Waals surface area contributed by atoms with Gasteiger partial charge in [-0.3, -0.25) is 0 Å². The zero-order valence-corrected chi connectivity index (χ0v) is 16.7. The Morgan fingerprint density at radius 1 is 0.680 bits per heavy atom. The fourth-order valence-corrected chi connectivity index (χ4v) is 4.75. The first kappa shape index (κ1) is 16.8. The van der Waals surface area contributed by atoms with Gasteiger partial charge in [0, 0.05) is 4.47 Å². The molecular formula is C24H25Br. The van der Waals surface area contributed by atoms with Crippen LogP contribution in [0.1, 0.15) is 50.7 Å². The Bertz CT molecular complexity index is 1030. The summed E-state index contributed by atoms with van der Waals surface area (Å²) in [5.74, 6) is 0. The van der Waals surface area contributed by atoms with Crippen molar-refractivity contribution in [1.29, 1.82) is 0 Å². The van der Waals surface area contributed by atoms with E-state index in [-0.39, 0.29) is 0 Å². The first-order valence-electron chi connectivity index (χ1n) is 9.62. The Kier molecular flexibility index (Phi) is 4.69. The molecule has 4 aromatic carbocycles. The summed E-state index contributed by atoms with van der Waals surface area (Å²) in [4.78, 5) is 0. The predicted octanol–water partition coefficient (Wildman–Crippen LogP) is 8.03. The van der Waals surface area contributed by atoms with Crippen LogP contribution in [-0.2, 0) is 12.8 Å². The molecule has 0 aliphatic heterocycles. The number of rotatable bonds is 6. The third-order valence-electron chi connectivity index (χ3n) is 5.51. The van der Waals surface area contributed by atoms with Gasteiger partial charge >= 0.3 is 0 Å². The van der Waals surface area contributed by atoms with Crippen LogP contribution in [-0.4, -0.2) is 0 Å². The van der Waals surface area contributed by atoms with Crippen molar-refractivity contribution in [1.82, 2.24) is 0 Å². The van der Waals surface area contributed by atoms with Crippen molar-refractivity contribution in [3.63, 3.8) is 0 Å². The summed E-state index contributed by atoms with van der Waals surface area (Å²) in [6.07, 6.45) is 7.32. The average molecular weight is 393 g/mol. The summed E-state index contributed by atoms with van der Waals surface area (Å²) in [5.41, 5.74) is 2.98. The fourth-order valence-electron chi connectivity index (χ4n) is 4.14. The molecule has 0 saturated heterocycles. The minimum Gasteiger partial charge on any atom is -0.0654 e. The molecule has 1 heteroatoms. The maximum absolute atomic E-state index is 3.84. The zero-order valence-electron chi connectivity index (χ0n) is 15.2. The Morgan fingerprint density at radius 3 is 2.04 bits per heavy atom. The number of hydrogen-bond acceptors (Lipinski definition) is 0. The number of hydrogen-bond donors (Lipinski definition) is 0. The largest absolute Gasteiger partial charge is 0.0654 e. The van der Waals surface area contributed by atoms with Gasteiger partial charge in [-0.15, -0.1) is 0 Å². The van der Waals surface area contributed by atoms with Crippen LogP contribution in [0.2, 0.25) is 0 Å². The Hall–Kier alpha value is -1.60. The summed E-state index contributed by atoms with van der Waals surface area (Å²) in [6, 6.07) is 16.3. The molecule has 0 bridgehead atoms. The van der Waals surface area contributed by atoms with Crippen molar-refractivity contribution in [2.75, 3.05) is 0 Å². The molecule has 0 radical (unpaired) electrons. The van der Waals surface area contributed by atoms with E-state index < -0.39 is 0 Å². The van der Waals surface area contributed by atoms with E-state index in [0.717, 1.165) is 6.42 Å². The Morgan fingerprint density at radius 2 is 1.28 bits per heavy atom. The van der Waals surface area contributed by atoms with Crippen LogP contribution < -0.4 is 0 Å². The third-order valence-corrected chi connectivity index (χ3v) is 6.16. The Labute approximate surface area is 158 Å². The number of halogens is 1. The fraction of sp³-hybridized carbons (Fsp3) is 0.333. The molecule has 0 saturated carbocycles. The van der Waals surface area contributed by atoms with Gasteiger partial charge in [-0.25, -0.2) is 0 Å². The number of unbranched alkanes of at least 4 members (excludes halogenated alkanes) is 2. The van der Waals surface area contributed by atoms with Crippen LogP contribution in [0.15, 0.2) is 46.9 Å². The molecular weight excluding hydrogens is 368 g/mol. The predicted molar refractivity (Wildman–Crippen MR) is 115 cm³/mol. The molecule has 0 aliphatic rings. The third kappa shape index (κ3) is 2.83. The van der Waals surface area contributed by atoms with Gasteiger partial charge in [0.1, 0.15) is 0 Å². The van der Waals surface area contributed by atoms with Crippen molar-refractivity contribution >= 4 is 48.2 Å². The summed E-state index contributed by atoms with van der Waals surface area (Å²) >= 11 is 3.84. The van der Waals surface area contributed by atoms with Gasteiger partial charge in [0.2, 0.25) is 0 Å². The maximum Gasteiger partial charge on any atom is 0.0257 e. The molecule has 4 aromatic rings. The first-order valence-corrected chi connectivity index (χ1v) is 10.4. The van der Waals surface area contributed by atoms with Crippen LogP contribution in [0.3, 0.4) is 0 Å². The van der Waals surface area contributed by atoms with E-state index in [1.54, 1.807) is 0 Å². The Balaban J connectivity index is 2.06. The molecule has 0 amide bonds. The second kappa shape index (κ2) is 6.96. The lowest BCUT2D eigenvalue weighted by Gasteiger charge is -2.17. The zero-order chi connectivity index (χ0) is 17.4. The molecule has 0 fully saturated rings. The molecule has 0 heterocycles. The lowest BCUT2D eigenvalue weighted by atomic mass is 9.88. The second-order valence-electron chi connectivity index (χ2n) is 7.20. The van der Waals surface area contributed by atoms with Gasteiger partial charge in [0.25, 0.3) is 0 Å². The normalized spacial score (nSPS) is 12.0. The van der Waals surface area contributed by atoms with Crippen molar-refractivity contribution in [2.45, 2.75) is 52.4 Å². The lowest BCUT2D eigenvalue weighted by molar-refractivity contribution is 0.798. The lowest BCUT2D eigenvalue weighted by Crippen LogP contribution is -1.94. The minimum atomic E-state index is 1.16. The van der Waals surface area contributed by atoms with Crippen LogP contribution in [0.4, 0.5) is 0 Å². The molecule has 25 heavy (non-hydrogen) atoms. The standard InChI is InChI=1S/C24H25Br/c1-3-5-7-16-9-10-17-11-12-20-18(8-6-4-2)15-22(25)21-14-13-19(16)23(17)24(20)21/h9-15H,3-8H2,1-2H3. The quantitative estimate of drug-likeness (QED) is 0.291. The molecule has 4 rings (SSSR count). The summed E-state index contributed by atoms with van der Waals surface area (Å²) in [6.45, 7) is 4.54. The highest BCUT2D eigenvalue weighted by Crippen LogP contribution is 2.41. The topological polar surface area (TPSA) is 0 Å². The second-order valence-corrected chi connectivity index (χ2v) is 8.05. The van der Waals surface area contributed by atoms with E-state index in [1.165, 1.54) is 80.0 Å². The summed E-state index contributed by atoms with van der Waals surface area (Å²) < 4.78 is 1.24. The molecule has 0 nitrogen and oxygen atoms in total. The van der Waals surface area contributed by atoms with Crippen molar-refractivity contribution in [2.24, 2.45) is 0 Å². The summed E-state index contributed by atoms with van der Waals surface area (Å²) in [7, 11) is 0. The highest BCUT2D eigenvalue weighted by atomic mass is 79.9. The molecule has 128 valence electrons. The van der Waals surface area contributed by atoms with Gasteiger partial charge in [-0.1, -0.05) is 79.0 Å². The van der Waals surface area contributed by atoms with Gasteiger partial charge in [0.05, 0.1) is 0 Å². The van der Waals surface area contributed by atoms with Crippen molar-refractivity contribution in [3.05, 3.63) is 58.1 Å². The van der Waals surface area contributed by atoms with E-state index in [2.05, 4.69) is 72.2 Å². The molecule has 0 aromatic heterocycles. The molecule has 0 spiro atoms. The van der Waals surface area contributed by atoms with Gasteiger partial charge in [-0.2, -0.15) is 0 Å². The van der Waals surface area contributed by atoms with Crippen molar-refractivity contribution in [3.8, 4) is 0 Å². The first-order chi connectivity index (χ1) is 12.2. The summed E-state index contributed by atoms with van der Waals surface area (Å²) in [5, 5.41) is 8.52. The average Bonchev–Trinajstić information content (AvgIpc) is 2.64. The van der Waals surface area contributed by atoms with Crippen LogP contribution >= 0.6 is 15.9 Å². The molecule has 0 unspecified atom stereocenters. The molecule has 0 N–H and O–H groups in total. The SMILES string of the molecule is CCCCc1ccc2ccc3c(CCCC)cc(Br)c4ccc1c2c43. The number of aryl methyl sites for hydroxylation is 2. The highest BCUT2D eigenvalue weighted by molar-refractivity contribution is 9.10. The van der Waals surface area contributed by atoms with E-state index >= 15 is 0 Å². The molecule has 0 aliphatic carbocycles. The van der Waals surface area contributed by atoms with E-state index in [1.807, 2.05) is 0 Å². The molecule has 0 atom stereocenters. The van der Waals surface area contributed by atoms with Gasteiger partial charge < -0.3 is 0 Å². The van der Waals surface area contributed by atoms with E-state index in [9.17, 15) is 0 Å². The van der Waals surface area contributed by atoms with E-state index in [0.29, 0.717) is 0 Å². The smallest absolute Gasteiger partial charge is 0.0257 e. The minimum absolute atomic E-state index is 1.16. The van der Waals surface area contributed by atoms with Crippen LogP contribution in [0.25, 0.3) is 32.3 Å². The highest BCUT2D eigenvalue weighted by Gasteiger charge is 2.15. The maximum atomic E-state index is 3.84. The van der Waals surface area contributed by atoms with Crippen LogP contribution in [0, 0.1) is 0 Å². The number of benzene rings is 4. The van der Waals surface area contributed by atoms with Gasteiger partial charge in [0.15, 0.2) is 0 Å². The van der Waals surface area contributed by atoms with Crippen molar-refractivity contribution < 1.29 is 0 Å². The van der Waals surface area contributed by atoms with E-state index in [4.69, 9.17) is 0 Å².